The number of aromatic nitrogens is 2. The van der Waals surface area contributed by atoms with Crippen molar-refractivity contribution in [3.8, 4) is 5.75 Å². The lowest BCUT2D eigenvalue weighted by molar-refractivity contribution is 0.180. The average Bonchev–Trinajstić information content (AvgIpc) is 3.16. The van der Waals surface area contributed by atoms with Crippen molar-refractivity contribution in [2.24, 2.45) is 0 Å². The Morgan fingerprint density at radius 3 is 2.48 bits per heavy atom. The molecular formula is C20H30N4O4S. The maximum Gasteiger partial charge on any atom is 0.227 e. The molecule has 1 aliphatic heterocycles. The molecule has 160 valence electrons. The highest BCUT2D eigenvalue weighted by atomic mass is 32.2. The molecule has 29 heavy (non-hydrogen) atoms. The highest BCUT2D eigenvalue weighted by Crippen LogP contribution is 2.28. The zero-order valence-corrected chi connectivity index (χ0v) is 18.2. The maximum atomic E-state index is 12.4. The first kappa shape index (κ1) is 21.6. The molecule has 0 amide bonds. The van der Waals surface area contributed by atoms with E-state index < -0.39 is 9.84 Å². The highest BCUT2D eigenvalue weighted by Gasteiger charge is 2.24. The van der Waals surface area contributed by atoms with Crippen molar-refractivity contribution in [2.75, 3.05) is 57.7 Å². The molecule has 2 aromatic rings. The zero-order chi connectivity index (χ0) is 20.9. The van der Waals surface area contributed by atoms with Crippen LogP contribution in [0.2, 0.25) is 0 Å². The first-order chi connectivity index (χ1) is 14.0. The number of hydrogen-bond donors (Lipinski definition) is 0. The summed E-state index contributed by atoms with van der Waals surface area (Å²) >= 11 is 0. The van der Waals surface area contributed by atoms with E-state index in [0.29, 0.717) is 19.7 Å². The van der Waals surface area contributed by atoms with Crippen LogP contribution in [0, 0.1) is 0 Å². The summed E-state index contributed by atoms with van der Waals surface area (Å²) < 4.78 is 37.2. The van der Waals surface area contributed by atoms with Crippen molar-refractivity contribution < 1.29 is 17.9 Å². The van der Waals surface area contributed by atoms with E-state index in [1.54, 1.807) is 31.9 Å². The number of hydrogen-bond acceptors (Lipinski definition) is 7. The second kappa shape index (κ2) is 9.60. The molecule has 1 aromatic carbocycles. The molecule has 0 spiro atoms. The molecule has 0 saturated carbocycles. The molecule has 1 aliphatic rings. The Kier molecular flexibility index (Phi) is 7.15. The number of rotatable bonds is 9. The van der Waals surface area contributed by atoms with Crippen molar-refractivity contribution in [1.29, 1.82) is 0 Å². The minimum atomic E-state index is -3.38. The lowest BCUT2D eigenvalue weighted by atomic mass is 10.2. The fraction of sp³-hybridized carbons (Fsp3) is 0.550. The van der Waals surface area contributed by atoms with Gasteiger partial charge in [0.05, 0.1) is 37.0 Å². The van der Waals surface area contributed by atoms with Gasteiger partial charge in [0.2, 0.25) is 15.0 Å². The fourth-order valence-electron chi connectivity index (χ4n) is 3.58. The highest BCUT2D eigenvalue weighted by molar-refractivity contribution is 7.91. The van der Waals surface area contributed by atoms with Crippen molar-refractivity contribution in [3.05, 3.63) is 36.2 Å². The number of imidazole rings is 1. The van der Waals surface area contributed by atoms with E-state index >= 15 is 0 Å². The number of anilines is 1. The van der Waals surface area contributed by atoms with Crippen molar-refractivity contribution in [3.63, 3.8) is 0 Å². The standard InChI is InChI=1S/C20H30N4O4S/c1-4-29(25,26)20-21-15-17(24(20)13-14-27-2)16-22-9-11-23(12-10-22)18-7-5-6-8-19(18)28-3/h5-8,15H,4,9-14,16H2,1-3H3. The molecule has 0 atom stereocenters. The minimum Gasteiger partial charge on any atom is -0.495 e. The summed E-state index contributed by atoms with van der Waals surface area (Å²) in [6.45, 7) is 6.74. The third-order valence-electron chi connectivity index (χ3n) is 5.26. The summed E-state index contributed by atoms with van der Waals surface area (Å²) in [4.78, 5) is 8.88. The number of nitrogens with zero attached hydrogens (tertiary/aromatic N) is 4. The molecule has 1 fully saturated rings. The molecule has 8 nitrogen and oxygen atoms in total. The van der Waals surface area contributed by atoms with Gasteiger partial charge in [-0.25, -0.2) is 13.4 Å². The predicted molar refractivity (Wildman–Crippen MR) is 112 cm³/mol. The Morgan fingerprint density at radius 1 is 1.10 bits per heavy atom. The smallest absolute Gasteiger partial charge is 0.227 e. The van der Waals surface area contributed by atoms with Crippen LogP contribution in [0.15, 0.2) is 35.6 Å². The molecule has 9 heteroatoms. The van der Waals surface area contributed by atoms with E-state index in [2.05, 4.69) is 20.9 Å². The van der Waals surface area contributed by atoms with Gasteiger partial charge in [-0.15, -0.1) is 0 Å². The van der Waals surface area contributed by atoms with Gasteiger partial charge < -0.3 is 18.9 Å². The Labute approximate surface area is 173 Å². The third kappa shape index (κ3) is 4.91. The molecule has 3 rings (SSSR count). The van der Waals surface area contributed by atoms with Crippen molar-refractivity contribution >= 4 is 15.5 Å². The van der Waals surface area contributed by atoms with E-state index in [-0.39, 0.29) is 10.9 Å². The van der Waals surface area contributed by atoms with Gasteiger partial charge in [-0.1, -0.05) is 19.1 Å². The number of methoxy groups -OCH3 is 2. The largest absolute Gasteiger partial charge is 0.495 e. The number of sulfone groups is 1. The molecule has 1 saturated heterocycles. The van der Waals surface area contributed by atoms with E-state index in [9.17, 15) is 8.42 Å². The molecule has 1 aromatic heterocycles. The van der Waals surface area contributed by atoms with Gasteiger partial charge >= 0.3 is 0 Å². The Hall–Kier alpha value is -2.10. The van der Waals surface area contributed by atoms with Crippen LogP contribution in [0.1, 0.15) is 12.6 Å². The summed E-state index contributed by atoms with van der Waals surface area (Å²) in [5, 5.41) is 0.139. The third-order valence-corrected chi connectivity index (χ3v) is 6.90. The van der Waals surface area contributed by atoms with E-state index in [1.165, 1.54) is 0 Å². The minimum absolute atomic E-state index is 0.0357. The number of piperazine rings is 1. The van der Waals surface area contributed by atoms with Crippen LogP contribution >= 0.6 is 0 Å². The SMILES string of the molecule is CCS(=O)(=O)c1ncc(CN2CCN(c3ccccc3OC)CC2)n1CCOC. The van der Waals surface area contributed by atoms with Crippen LogP contribution in [0.25, 0.3) is 0 Å². The Morgan fingerprint density at radius 2 is 1.83 bits per heavy atom. The summed E-state index contributed by atoms with van der Waals surface area (Å²) in [7, 11) is -0.0707. The van der Waals surface area contributed by atoms with Gasteiger partial charge in [-0.3, -0.25) is 4.90 Å². The zero-order valence-electron chi connectivity index (χ0n) is 17.4. The van der Waals surface area contributed by atoms with Gasteiger partial charge in [0.15, 0.2) is 0 Å². The predicted octanol–water partition coefficient (Wildman–Crippen LogP) is 1.65. The van der Waals surface area contributed by atoms with Gasteiger partial charge in [0.25, 0.3) is 0 Å². The maximum absolute atomic E-state index is 12.4. The lowest BCUT2D eigenvalue weighted by Gasteiger charge is -2.36. The Balaban J connectivity index is 1.70. The summed E-state index contributed by atoms with van der Waals surface area (Å²) in [5.41, 5.74) is 2.01. The van der Waals surface area contributed by atoms with E-state index in [0.717, 1.165) is 43.3 Å². The number of benzene rings is 1. The fourth-order valence-corrected chi connectivity index (χ4v) is 4.60. The quantitative estimate of drug-likeness (QED) is 0.608. The van der Waals surface area contributed by atoms with Gasteiger partial charge in [-0.05, 0) is 12.1 Å². The number of ether oxygens (including phenoxy) is 2. The summed E-state index contributed by atoms with van der Waals surface area (Å²) in [5.74, 6) is 0.918. The second-order valence-electron chi connectivity index (χ2n) is 7.02. The van der Waals surface area contributed by atoms with Crippen molar-refractivity contribution in [2.45, 2.75) is 25.2 Å². The first-order valence-corrected chi connectivity index (χ1v) is 11.5. The van der Waals surface area contributed by atoms with Gasteiger partial charge in [0, 0.05) is 46.4 Å². The molecule has 0 unspecified atom stereocenters. The van der Waals surface area contributed by atoms with Gasteiger partial charge in [-0.2, -0.15) is 0 Å². The molecule has 0 aliphatic carbocycles. The monoisotopic (exact) mass is 422 g/mol. The van der Waals surface area contributed by atoms with Crippen LogP contribution in [0.5, 0.6) is 5.75 Å². The normalized spacial score (nSPS) is 15.6. The summed E-state index contributed by atoms with van der Waals surface area (Å²) in [6, 6.07) is 8.05. The Bertz CT molecular complexity index is 905. The van der Waals surface area contributed by atoms with Gasteiger partial charge in [0.1, 0.15) is 5.75 Å². The molecule has 0 N–H and O–H groups in total. The molecular weight excluding hydrogens is 392 g/mol. The number of para-hydroxylation sites is 2. The van der Waals surface area contributed by atoms with Crippen LogP contribution in [-0.4, -0.2) is 75.6 Å². The molecule has 0 bridgehead atoms. The van der Waals surface area contributed by atoms with E-state index in [1.807, 2.05) is 18.2 Å². The van der Waals surface area contributed by atoms with Crippen LogP contribution in [0.4, 0.5) is 5.69 Å². The lowest BCUT2D eigenvalue weighted by Crippen LogP contribution is -2.46. The average molecular weight is 423 g/mol. The van der Waals surface area contributed by atoms with Crippen LogP contribution in [-0.2, 0) is 27.7 Å². The molecule has 0 radical (unpaired) electrons. The molecule has 2 heterocycles. The topological polar surface area (TPSA) is 76.9 Å². The van der Waals surface area contributed by atoms with Crippen LogP contribution < -0.4 is 9.64 Å². The summed E-state index contributed by atoms with van der Waals surface area (Å²) in [6.07, 6.45) is 1.69. The first-order valence-electron chi connectivity index (χ1n) is 9.86. The second-order valence-corrected chi connectivity index (χ2v) is 9.19. The van der Waals surface area contributed by atoms with E-state index in [4.69, 9.17) is 9.47 Å². The van der Waals surface area contributed by atoms with Crippen LogP contribution in [0.3, 0.4) is 0 Å². The van der Waals surface area contributed by atoms with Crippen molar-refractivity contribution in [1.82, 2.24) is 14.5 Å².